The lowest BCUT2D eigenvalue weighted by Gasteiger charge is -2.28. The number of amides is 2. The van der Waals surface area contributed by atoms with E-state index in [0.717, 1.165) is 24.4 Å². The molecule has 6 nitrogen and oxygen atoms in total. The first kappa shape index (κ1) is 24.7. The van der Waals surface area contributed by atoms with Gasteiger partial charge in [0.1, 0.15) is 0 Å². The van der Waals surface area contributed by atoms with Gasteiger partial charge in [-0.15, -0.1) is 0 Å². The number of nitrogens with one attached hydrogen (secondary N) is 1. The molecule has 0 aliphatic heterocycles. The minimum absolute atomic E-state index is 0.0739. The lowest BCUT2D eigenvalue weighted by Crippen LogP contribution is -2.34. The maximum atomic E-state index is 13.8. The third-order valence-electron chi connectivity index (χ3n) is 4.53. The fourth-order valence-electron chi connectivity index (χ4n) is 3.16. The molecule has 0 aliphatic rings. The summed E-state index contributed by atoms with van der Waals surface area (Å²) in [5.41, 5.74) is 3.75. The SMILES string of the molecule is CCCN(CC)CCNc1cc(C(N)=O)cc(C(F)(F)F)c1N(CCC)C(C)=O. The second-order valence-electron chi connectivity index (χ2n) is 6.81. The zero-order valence-electron chi connectivity index (χ0n) is 17.5. The number of anilines is 2. The molecule has 0 aromatic heterocycles. The van der Waals surface area contributed by atoms with Crippen LogP contribution in [0.25, 0.3) is 0 Å². The summed E-state index contributed by atoms with van der Waals surface area (Å²) in [5, 5.41) is 2.99. The van der Waals surface area contributed by atoms with Crippen LogP contribution in [0.3, 0.4) is 0 Å². The Morgan fingerprint density at radius 2 is 1.69 bits per heavy atom. The number of nitrogens with zero attached hydrogens (tertiary/aromatic N) is 2. The third-order valence-corrected chi connectivity index (χ3v) is 4.53. The highest BCUT2D eigenvalue weighted by atomic mass is 19.4. The molecule has 0 saturated heterocycles. The van der Waals surface area contributed by atoms with E-state index in [1.807, 2.05) is 6.92 Å². The molecular formula is C20H31F3N4O2. The topological polar surface area (TPSA) is 78.7 Å². The van der Waals surface area contributed by atoms with E-state index in [1.165, 1.54) is 13.0 Å². The number of halogens is 3. The normalized spacial score (nSPS) is 11.6. The van der Waals surface area contributed by atoms with Crippen LogP contribution >= 0.6 is 0 Å². The average Bonchev–Trinajstić information content (AvgIpc) is 2.63. The van der Waals surface area contributed by atoms with Crippen molar-refractivity contribution in [3.05, 3.63) is 23.3 Å². The molecule has 1 rings (SSSR count). The van der Waals surface area contributed by atoms with Gasteiger partial charge in [0.05, 0.1) is 16.9 Å². The highest BCUT2D eigenvalue weighted by Gasteiger charge is 2.38. The molecule has 1 aromatic carbocycles. The average molecular weight is 416 g/mol. The Morgan fingerprint density at radius 3 is 2.14 bits per heavy atom. The molecule has 0 fully saturated rings. The Balaban J connectivity index is 3.46. The number of hydrogen-bond acceptors (Lipinski definition) is 4. The highest BCUT2D eigenvalue weighted by Crippen LogP contribution is 2.42. The van der Waals surface area contributed by atoms with Crippen molar-refractivity contribution in [3.63, 3.8) is 0 Å². The number of alkyl halides is 3. The summed E-state index contributed by atoms with van der Waals surface area (Å²) in [5.74, 6) is -1.47. The Morgan fingerprint density at radius 1 is 1.07 bits per heavy atom. The van der Waals surface area contributed by atoms with Gasteiger partial charge in [0.25, 0.3) is 0 Å². The Labute approximate surface area is 170 Å². The molecule has 1 aromatic rings. The predicted octanol–water partition coefficient (Wildman–Crippen LogP) is 3.71. The minimum atomic E-state index is -4.75. The van der Waals surface area contributed by atoms with E-state index < -0.39 is 23.6 Å². The summed E-state index contributed by atoms with van der Waals surface area (Å²) in [4.78, 5) is 27.0. The molecule has 0 bridgehead atoms. The Bertz CT molecular complexity index is 708. The number of benzene rings is 1. The van der Waals surface area contributed by atoms with Gasteiger partial charge in [0.2, 0.25) is 11.8 Å². The molecular weight excluding hydrogens is 385 g/mol. The van der Waals surface area contributed by atoms with Crippen molar-refractivity contribution in [1.82, 2.24) is 4.90 Å². The van der Waals surface area contributed by atoms with Gasteiger partial charge in [-0.3, -0.25) is 9.59 Å². The van der Waals surface area contributed by atoms with Gasteiger partial charge in [-0.25, -0.2) is 0 Å². The van der Waals surface area contributed by atoms with Crippen molar-refractivity contribution in [2.45, 2.75) is 46.7 Å². The molecule has 3 N–H and O–H groups in total. The van der Waals surface area contributed by atoms with E-state index in [-0.39, 0.29) is 23.5 Å². The standard InChI is InChI=1S/C20H31F3N4O2/c1-5-9-26(7-3)11-8-25-17-13-15(19(24)29)12-16(20(21,22)23)18(17)27(10-6-2)14(4)28/h12-13,25H,5-11H2,1-4H3,(H2,24,29). The molecule has 0 unspecified atom stereocenters. The van der Waals surface area contributed by atoms with E-state index in [9.17, 15) is 22.8 Å². The summed E-state index contributed by atoms with van der Waals surface area (Å²) in [6.45, 7) is 9.84. The maximum absolute atomic E-state index is 13.8. The molecule has 0 saturated carbocycles. The van der Waals surface area contributed by atoms with Crippen molar-refractivity contribution in [2.75, 3.05) is 42.9 Å². The van der Waals surface area contributed by atoms with Crippen LogP contribution < -0.4 is 16.0 Å². The fraction of sp³-hybridized carbons (Fsp3) is 0.600. The quantitative estimate of drug-likeness (QED) is 0.576. The van der Waals surface area contributed by atoms with Gasteiger partial charge in [0, 0.05) is 32.1 Å². The monoisotopic (exact) mass is 416 g/mol. The van der Waals surface area contributed by atoms with Crippen molar-refractivity contribution < 1.29 is 22.8 Å². The molecule has 0 heterocycles. The summed E-state index contributed by atoms with van der Waals surface area (Å²) in [6, 6.07) is 2.00. The van der Waals surface area contributed by atoms with E-state index in [4.69, 9.17) is 5.73 Å². The maximum Gasteiger partial charge on any atom is 0.418 e. The number of hydrogen-bond donors (Lipinski definition) is 2. The van der Waals surface area contributed by atoms with E-state index >= 15 is 0 Å². The number of rotatable bonds is 11. The number of carbonyl (C=O) groups excluding carboxylic acids is 2. The lowest BCUT2D eigenvalue weighted by atomic mass is 10.0. The number of carbonyl (C=O) groups is 2. The number of likely N-dealkylation sites (N-methyl/N-ethyl adjacent to an activating group) is 1. The van der Waals surface area contributed by atoms with Gasteiger partial charge >= 0.3 is 6.18 Å². The zero-order valence-corrected chi connectivity index (χ0v) is 17.5. The van der Waals surface area contributed by atoms with E-state index in [1.54, 1.807) is 6.92 Å². The van der Waals surface area contributed by atoms with Crippen LogP contribution in [-0.2, 0) is 11.0 Å². The Kier molecular flexibility index (Phi) is 9.42. The van der Waals surface area contributed by atoms with E-state index in [0.29, 0.717) is 25.6 Å². The van der Waals surface area contributed by atoms with Crippen LogP contribution in [0, 0.1) is 0 Å². The van der Waals surface area contributed by atoms with Crippen LogP contribution in [0.1, 0.15) is 56.5 Å². The Hall–Kier alpha value is -2.29. The fourth-order valence-corrected chi connectivity index (χ4v) is 3.16. The summed E-state index contributed by atoms with van der Waals surface area (Å²) in [7, 11) is 0. The second-order valence-corrected chi connectivity index (χ2v) is 6.81. The molecule has 9 heteroatoms. The minimum Gasteiger partial charge on any atom is -0.382 e. The molecule has 0 radical (unpaired) electrons. The summed E-state index contributed by atoms with van der Waals surface area (Å²) in [6.07, 6.45) is -3.31. The summed E-state index contributed by atoms with van der Waals surface area (Å²) >= 11 is 0. The van der Waals surface area contributed by atoms with Gasteiger partial charge in [-0.2, -0.15) is 13.2 Å². The molecule has 0 aliphatic carbocycles. The molecule has 0 spiro atoms. The van der Waals surface area contributed by atoms with Crippen LogP contribution in [0.5, 0.6) is 0 Å². The molecule has 0 atom stereocenters. The van der Waals surface area contributed by atoms with Crippen LogP contribution in [-0.4, -0.2) is 49.4 Å². The van der Waals surface area contributed by atoms with Crippen molar-refractivity contribution in [3.8, 4) is 0 Å². The number of nitrogens with two attached hydrogens (primary N) is 1. The first-order valence-electron chi connectivity index (χ1n) is 9.86. The van der Waals surface area contributed by atoms with Crippen molar-refractivity contribution in [2.24, 2.45) is 5.73 Å². The molecule has 29 heavy (non-hydrogen) atoms. The van der Waals surface area contributed by atoms with Gasteiger partial charge in [-0.05, 0) is 38.1 Å². The zero-order chi connectivity index (χ0) is 22.2. The first-order chi connectivity index (χ1) is 13.6. The predicted molar refractivity (Wildman–Crippen MR) is 109 cm³/mol. The van der Waals surface area contributed by atoms with Crippen LogP contribution in [0.15, 0.2) is 12.1 Å². The van der Waals surface area contributed by atoms with Gasteiger partial charge < -0.3 is 20.9 Å². The highest BCUT2D eigenvalue weighted by molar-refractivity contribution is 6.00. The largest absolute Gasteiger partial charge is 0.418 e. The second kappa shape index (κ2) is 11.0. The van der Waals surface area contributed by atoms with E-state index in [2.05, 4.69) is 17.1 Å². The van der Waals surface area contributed by atoms with Crippen LogP contribution in [0.2, 0.25) is 0 Å². The third kappa shape index (κ3) is 6.92. The smallest absolute Gasteiger partial charge is 0.382 e. The van der Waals surface area contributed by atoms with Crippen molar-refractivity contribution >= 4 is 23.2 Å². The molecule has 2 amide bonds. The number of primary amides is 1. The lowest BCUT2D eigenvalue weighted by molar-refractivity contribution is -0.137. The summed E-state index contributed by atoms with van der Waals surface area (Å²) < 4.78 is 41.4. The van der Waals surface area contributed by atoms with Gasteiger partial charge in [-0.1, -0.05) is 20.8 Å². The van der Waals surface area contributed by atoms with Crippen molar-refractivity contribution in [1.29, 1.82) is 0 Å². The van der Waals surface area contributed by atoms with Crippen LogP contribution in [0.4, 0.5) is 24.5 Å². The van der Waals surface area contributed by atoms with Gasteiger partial charge in [0.15, 0.2) is 0 Å². The first-order valence-corrected chi connectivity index (χ1v) is 9.86. The molecule has 164 valence electrons.